The van der Waals surface area contributed by atoms with Crippen molar-refractivity contribution in [1.82, 2.24) is 4.90 Å². The average Bonchev–Trinajstić information content (AvgIpc) is 2.62. The van der Waals surface area contributed by atoms with Crippen LogP contribution in [0, 0.1) is 10.8 Å². The van der Waals surface area contributed by atoms with Gasteiger partial charge in [0.25, 0.3) is 0 Å². The van der Waals surface area contributed by atoms with E-state index in [0.29, 0.717) is 6.54 Å². The quantitative estimate of drug-likeness (QED) is 0.640. The molecule has 1 saturated heterocycles. The predicted molar refractivity (Wildman–Crippen MR) is 82.1 cm³/mol. The van der Waals surface area contributed by atoms with Gasteiger partial charge < -0.3 is 24.7 Å². The lowest BCUT2D eigenvalue weighted by molar-refractivity contribution is -0.314. The van der Waals surface area contributed by atoms with Crippen LogP contribution in [-0.2, 0) is 14.4 Å². The van der Waals surface area contributed by atoms with Crippen molar-refractivity contribution in [3.63, 3.8) is 0 Å². The maximum Gasteiger partial charge on any atom is 0.232 e. The molecule has 2 fully saturated rings. The normalized spacial score (nSPS) is 30.0. The smallest absolute Gasteiger partial charge is 0.232 e. The molecule has 2 aliphatic rings. The van der Waals surface area contributed by atoms with Gasteiger partial charge in [0, 0.05) is 25.0 Å². The van der Waals surface area contributed by atoms with Gasteiger partial charge in [-0.1, -0.05) is 20.8 Å². The first kappa shape index (κ1) is 18.1. The van der Waals surface area contributed by atoms with Crippen molar-refractivity contribution in [2.45, 2.75) is 57.7 Å². The second kappa shape index (κ2) is 6.34. The fourth-order valence-corrected chi connectivity index (χ4v) is 5.27. The Bertz CT molecular complexity index is 521. The Morgan fingerprint density at radius 2 is 1.87 bits per heavy atom. The Hall–Kier alpha value is -1.24. The minimum Gasteiger partial charge on any atom is -0.550 e. The third-order valence-electron chi connectivity index (χ3n) is 4.76. The van der Waals surface area contributed by atoms with Crippen molar-refractivity contribution in [3.05, 3.63) is 0 Å². The summed E-state index contributed by atoms with van der Waals surface area (Å²) in [6.45, 7) is 7.32. The summed E-state index contributed by atoms with van der Waals surface area (Å²) in [7, 11) is 0. The predicted octanol–water partition coefficient (Wildman–Crippen LogP) is -0.595. The maximum atomic E-state index is 12.5. The van der Waals surface area contributed by atoms with Crippen molar-refractivity contribution >= 4 is 29.6 Å². The van der Waals surface area contributed by atoms with Gasteiger partial charge in [0.2, 0.25) is 5.91 Å². The van der Waals surface area contributed by atoms with Gasteiger partial charge in [0.15, 0.2) is 0 Å². The number of likely N-dealkylation sites (tertiary alicyclic amines) is 1. The Labute approximate surface area is 140 Å². The van der Waals surface area contributed by atoms with Crippen molar-refractivity contribution in [3.8, 4) is 0 Å². The highest BCUT2D eigenvalue weighted by molar-refractivity contribution is 8.01. The highest BCUT2D eigenvalue weighted by atomic mass is 32.2. The SMILES string of the molecule is CC1(C)C[C@H]2C[C@](C)(CN2C(=O)CS[C@H](CC(=O)[O-])C(=O)[O-])C1. The van der Waals surface area contributed by atoms with Gasteiger partial charge in [0.1, 0.15) is 0 Å². The number of carboxylic acids is 2. The van der Waals surface area contributed by atoms with Crippen LogP contribution in [0.2, 0.25) is 0 Å². The van der Waals surface area contributed by atoms with Crippen LogP contribution in [0.3, 0.4) is 0 Å². The molecule has 0 spiro atoms. The third kappa shape index (κ3) is 4.40. The molecule has 1 saturated carbocycles. The minimum absolute atomic E-state index is 0.0427. The van der Waals surface area contributed by atoms with Crippen LogP contribution in [-0.4, -0.2) is 46.3 Å². The number of aliphatic carboxylic acids is 2. The topological polar surface area (TPSA) is 101 Å². The number of hydrogen-bond donors (Lipinski definition) is 0. The van der Waals surface area contributed by atoms with E-state index in [4.69, 9.17) is 0 Å². The van der Waals surface area contributed by atoms with E-state index in [1.54, 1.807) is 0 Å². The van der Waals surface area contributed by atoms with Crippen LogP contribution in [0.5, 0.6) is 0 Å². The summed E-state index contributed by atoms with van der Waals surface area (Å²) in [6.07, 6.45) is 2.35. The van der Waals surface area contributed by atoms with E-state index >= 15 is 0 Å². The fraction of sp³-hybridized carbons (Fsp3) is 0.812. The molecule has 0 aromatic carbocycles. The number of rotatable bonds is 6. The van der Waals surface area contributed by atoms with Gasteiger partial charge in [-0.25, -0.2) is 0 Å². The summed E-state index contributed by atoms with van der Waals surface area (Å²) in [5.41, 5.74) is 0.313. The fourth-order valence-electron chi connectivity index (χ4n) is 4.37. The standard InChI is InChI=1S/C16H25NO5S/c1-15(2)5-10-6-16(3,8-15)9-17(10)12(18)7-23-11(14(21)22)4-13(19)20/h10-11H,4-9H2,1-3H3,(H,19,20)(H,21,22)/p-2/t10-,11+,16-/m0/s1. The molecule has 0 unspecified atom stereocenters. The zero-order valence-corrected chi connectivity index (χ0v) is 14.6. The molecule has 7 heteroatoms. The third-order valence-corrected chi connectivity index (χ3v) is 5.93. The maximum absolute atomic E-state index is 12.5. The first-order valence-corrected chi connectivity index (χ1v) is 8.88. The molecular formula is C16H23NO5S-2. The lowest BCUT2D eigenvalue weighted by Gasteiger charge is -2.39. The molecule has 0 aromatic heterocycles. The summed E-state index contributed by atoms with van der Waals surface area (Å²) in [5, 5.41) is 20.3. The summed E-state index contributed by atoms with van der Waals surface area (Å²) in [4.78, 5) is 35.8. The van der Waals surface area contributed by atoms with Crippen molar-refractivity contribution in [2.75, 3.05) is 12.3 Å². The Kier molecular flexibility index (Phi) is 4.99. The first-order valence-electron chi connectivity index (χ1n) is 7.83. The van der Waals surface area contributed by atoms with Crippen LogP contribution in [0.25, 0.3) is 0 Å². The summed E-state index contributed by atoms with van der Waals surface area (Å²) >= 11 is 0.812. The van der Waals surface area contributed by atoms with E-state index in [9.17, 15) is 24.6 Å². The molecule has 1 heterocycles. The number of carbonyl (C=O) groups excluding carboxylic acids is 3. The first-order chi connectivity index (χ1) is 10.5. The lowest BCUT2D eigenvalue weighted by Crippen LogP contribution is -2.41. The van der Waals surface area contributed by atoms with Crippen molar-refractivity contribution < 1.29 is 24.6 Å². The number of hydrogen-bond acceptors (Lipinski definition) is 6. The minimum atomic E-state index is -1.47. The highest BCUT2D eigenvalue weighted by Gasteiger charge is 2.50. The van der Waals surface area contributed by atoms with Gasteiger partial charge in [-0.05, 0) is 30.1 Å². The van der Waals surface area contributed by atoms with Crippen molar-refractivity contribution in [1.29, 1.82) is 0 Å². The van der Waals surface area contributed by atoms with Gasteiger partial charge in [0.05, 0.1) is 17.0 Å². The molecule has 2 rings (SSSR count). The molecule has 23 heavy (non-hydrogen) atoms. The average molecular weight is 341 g/mol. The number of thioether (sulfide) groups is 1. The molecule has 0 radical (unpaired) electrons. The van der Waals surface area contributed by atoms with Crippen molar-refractivity contribution in [2.24, 2.45) is 10.8 Å². The Morgan fingerprint density at radius 1 is 1.22 bits per heavy atom. The van der Waals surface area contributed by atoms with Crippen LogP contribution in [0.4, 0.5) is 0 Å². The number of carbonyl (C=O) groups is 3. The lowest BCUT2D eigenvalue weighted by atomic mass is 9.65. The van der Waals surface area contributed by atoms with E-state index in [0.717, 1.165) is 31.0 Å². The van der Waals surface area contributed by atoms with E-state index in [1.165, 1.54) is 0 Å². The molecule has 1 aliphatic heterocycles. The van der Waals surface area contributed by atoms with Crippen LogP contribution < -0.4 is 10.2 Å². The van der Waals surface area contributed by atoms with Gasteiger partial charge in [-0.2, -0.15) is 0 Å². The number of nitrogens with zero attached hydrogens (tertiary/aromatic N) is 1. The number of amides is 1. The molecule has 1 aliphatic carbocycles. The van der Waals surface area contributed by atoms with Gasteiger partial charge in [-0.15, -0.1) is 11.8 Å². The van der Waals surface area contributed by atoms with E-state index in [-0.39, 0.29) is 28.5 Å². The van der Waals surface area contributed by atoms with E-state index in [1.807, 2.05) is 4.90 Å². The molecule has 2 bridgehead atoms. The zero-order valence-electron chi connectivity index (χ0n) is 13.8. The van der Waals surface area contributed by atoms with Crippen LogP contribution in [0.1, 0.15) is 46.5 Å². The summed E-state index contributed by atoms with van der Waals surface area (Å²) in [5.74, 6) is -3.09. The molecule has 3 atom stereocenters. The number of fused-ring (bicyclic) bond motifs is 2. The zero-order chi connectivity index (χ0) is 17.4. The summed E-state index contributed by atoms with van der Waals surface area (Å²) in [6, 6.07) is 0.194. The molecule has 1 amide bonds. The number of carboxylic acid groups (broad SMARTS) is 2. The van der Waals surface area contributed by atoms with Crippen LogP contribution >= 0.6 is 11.8 Å². The van der Waals surface area contributed by atoms with Gasteiger partial charge >= 0.3 is 0 Å². The Morgan fingerprint density at radius 3 is 2.43 bits per heavy atom. The molecule has 0 N–H and O–H groups in total. The second-order valence-corrected chi connectivity index (χ2v) is 9.12. The van der Waals surface area contributed by atoms with E-state index < -0.39 is 23.6 Å². The largest absolute Gasteiger partial charge is 0.550 e. The Balaban J connectivity index is 1.96. The van der Waals surface area contributed by atoms with Crippen LogP contribution in [0.15, 0.2) is 0 Å². The molecular weight excluding hydrogens is 318 g/mol. The molecule has 0 aromatic rings. The summed E-state index contributed by atoms with van der Waals surface area (Å²) < 4.78 is 0. The highest BCUT2D eigenvalue weighted by Crippen LogP contribution is 2.52. The monoisotopic (exact) mass is 341 g/mol. The van der Waals surface area contributed by atoms with Gasteiger partial charge in [-0.3, -0.25) is 4.79 Å². The second-order valence-electron chi connectivity index (χ2n) is 7.93. The van der Waals surface area contributed by atoms with E-state index in [2.05, 4.69) is 20.8 Å². The molecule has 6 nitrogen and oxygen atoms in total. The molecule has 130 valence electrons.